The smallest absolute Gasteiger partial charge is 0.351 e. The van der Waals surface area contributed by atoms with Crippen molar-refractivity contribution >= 4 is 22.3 Å². The minimum Gasteiger partial charge on any atom is -0.351 e. The standard InChI is InChI=1S/C14H23N5O6S/c20-13(17-8-3-9-5-15-6-10(4-8)16-9)12-2-1-11-7-18(12)14(21)19(11)25-26(22,23)24/h8-12,15-16H,1-7H2,(H,17,20)(H,22,23,24)/t8?,9?,10?,11-,12+/m1/s1. The molecule has 3 amide bonds. The fourth-order valence-corrected chi connectivity index (χ4v) is 4.88. The maximum absolute atomic E-state index is 12.7. The summed E-state index contributed by atoms with van der Waals surface area (Å²) in [6.45, 7) is 1.95. The van der Waals surface area contributed by atoms with E-state index in [2.05, 4.69) is 20.2 Å². The number of hydrogen-bond acceptors (Lipinski definition) is 7. The van der Waals surface area contributed by atoms with Crippen molar-refractivity contribution < 1.29 is 26.8 Å². The Morgan fingerprint density at radius 3 is 2.58 bits per heavy atom. The number of hydroxylamine groups is 2. The molecule has 4 bridgehead atoms. The summed E-state index contributed by atoms with van der Waals surface area (Å²) in [5.74, 6) is -0.219. The van der Waals surface area contributed by atoms with Crippen LogP contribution in [0, 0.1) is 0 Å². The van der Waals surface area contributed by atoms with Crippen LogP contribution in [-0.2, 0) is 19.5 Å². The van der Waals surface area contributed by atoms with Gasteiger partial charge in [0.15, 0.2) is 0 Å². The van der Waals surface area contributed by atoms with E-state index >= 15 is 0 Å². The number of carbonyl (C=O) groups excluding carboxylic acids is 2. The summed E-state index contributed by atoms with van der Waals surface area (Å²) < 4.78 is 35.1. The Labute approximate surface area is 151 Å². The first-order valence-electron chi connectivity index (χ1n) is 8.84. The van der Waals surface area contributed by atoms with Crippen molar-refractivity contribution in [2.45, 2.75) is 55.9 Å². The van der Waals surface area contributed by atoms with E-state index in [0.29, 0.717) is 30.0 Å². The molecule has 0 aromatic carbocycles. The molecule has 26 heavy (non-hydrogen) atoms. The fourth-order valence-electron chi connectivity index (χ4n) is 4.49. The highest BCUT2D eigenvalue weighted by atomic mass is 32.3. The highest BCUT2D eigenvalue weighted by Crippen LogP contribution is 2.31. The summed E-state index contributed by atoms with van der Waals surface area (Å²) in [5, 5.41) is 10.6. The van der Waals surface area contributed by atoms with Gasteiger partial charge in [-0.25, -0.2) is 4.79 Å². The van der Waals surface area contributed by atoms with Crippen LogP contribution < -0.4 is 16.0 Å². The first kappa shape index (κ1) is 17.9. The van der Waals surface area contributed by atoms with Gasteiger partial charge in [0.05, 0.1) is 6.04 Å². The van der Waals surface area contributed by atoms with Crippen molar-refractivity contribution in [3.63, 3.8) is 0 Å². The molecular weight excluding hydrogens is 366 g/mol. The lowest BCUT2D eigenvalue weighted by molar-refractivity contribution is -0.127. The number of nitrogens with one attached hydrogen (secondary N) is 3. The summed E-state index contributed by atoms with van der Waals surface area (Å²) in [4.78, 5) is 26.4. The second-order valence-corrected chi connectivity index (χ2v) is 8.41. The second-order valence-electron chi connectivity index (χ2n) is 7.41. The average Bonchev–Trinajstić information content (AvgIpc) is 2.78. The van der Waals surface area contributed by atoms with Gasteiger partial charge in [-0.2, -0.15) is 13.5 Å². The molecule has 4 rings (SSSR count). The summed E-state index contributed by atoms with van der Waals surface area (Å²) in [6.07, 6.45) is 2.51. The Morgan fingerprint density at radius 1 is 1.23 bits per heavy atom. The van der Waals surface area contributed by atoms with Gasteiger partial charge in [-0.1, -0.05) is 0 Å². The number of amides is 3. The average molecular weight is 389 g/mol. The predicted octanol–water partition coefficient (Wildman–Crippen LogP) is -1.80. The van der Waals surface area contributed by atoms with Crippen LogP contribution in [0.1, 0.15) is 25.7 Å². The van der Waals surface area contributed by atoms with E-state index < -0.39 is 28.5 Å². The SMILES string of the molecule is O=C(NC1CC2CNCC(C1)N2)[C@@H]1CC[C@@H]2CN1C(=O)N2OS(=O)(=O)O. The largest absolute Gasteiger partial charge is 0.418 e. The molecule has 0 aliphatic carbocycles. The molecule has 0 spiro atoms. The Balaban J connectivity index is 1.39. The first-order chi connectivity index (χ1) is 12.3. The van der Waals surface area contributed by atoms with Crippen LogP contribution >= 0.6 is 0 Å². The third kappa shape index (κ3) is 3.51. The van der Waals surface area contributed by atoms with E-state index in [1.165, 1.54) is 4.90 Å². The topological polar surface area (TPSA) is 140 Å². The number of piperazine rings is 1. The van der Waals surface area contributed by atoms with Gasteiger partial charge in [-0.3, -0.25) is 9.35 Å². The van der Waals surface area contributed by atoms with Gasteiger partial charge in [0.25, 0.3) is 0 Å². The van der Waals surface area contributed by atoms with E-state index in [9.17, 15) is 18.0 Å². The molecule has 0 aromatic heterocycles. The Hall–Kier alpha value is -1.47. The molecular formula is C14H23N5O6S. The molecule has 4 heterocycles. The molecule has 12 heteroatoms. The molecule has 4 fully saturated rings. The fraction of sp³-hybridized carbons (Fsp3) is 0.857. The monoisotopic (exact) mass is 389 g/mol. The third-order valence-corrected chi connectivity index (χ3v) is 5.89. The number of hydrogen-bond donors (Lipinski definition) is 4. The van der Waals surface area contributed by atoms with Crippen molar-refractivity contribution in [1.29, 1.82) is 0 Å². The predicted molar refractivity (Wildman–Crippen MR) is 88.1 cm³/mol. The summed E-state index contributed by atoms with van der Waals surface area (Å²) in [6, 6.07) is -1.14. The maximum Gasteiger partial charge on any atom is 0.418 e. The second kappa shape index (κ2) is 6.60. The Kier molecular flexibility index (Phi) is 4.55. The molecule has 0 saturated carbocycles. The minimum absolute atomic E-state index is 0.0569. The number of piperidine rings is 2. The van der Waals surface area contributed by atoms with Gasteiger partial charge in [-0.15, -0.1) is 4.28 Å². The molecule has 0 radical (unpaired) electrons. The zero-order valence-electron chi connectivity index (χ0n) is 14.1. The van der Waals surface area contributed by atoms with Crippen LogP contribution in [0.25, 0.3) is 0 Å². The van der Waals surface area contributed by atoms with Crippen LogP contribution in [0.15, 0.2) is 0 Å². The lowest BCUT2D eigenvalue weighted by atomic mass is 9.90. The quantitative estimate of drug-likeness (QED) is 0.413. The molecule has 2 unspecified atom stereocenters. The van der Waals surface area contributed by atoms with Gasteiger partial charge in [0, 0.05) is 37.8 Å². The van der Waals surface area contributed by atoms with Crippen molar-refractivity contribution in [2.24, 2.45) is 0 Å². The Morgan fingerprint density at radius 2 is 1.92 bits per heavy atom. The molecule has 4 N–H and O–H groups in total. The van der Waals surface area contributed by atoms with E-state index in [-0.39, 0.29) is 18.5 Å². The molecule has 4 aliphatic rings. The highest BCUT2D eigenvalue weighted by Gasteiger charge is 2.49. The molecule has 4 aliphatic heterocycles. The first-order valence-corrected chi connectivity index (χ1v) is 10.2. The van der Waals surface area contributed by atoms with E-state index in [1.807, 2.05) is 0 Å². The normalized spacial score (nSPS) is 37.0. The minimum atomic E-state index is -4.78. The number of nitrogens with zero attached hydrogens (tertiary/aromatic N) is 2. The van der Waals surface area contributed by atoms with Gasteiger partial charge >= 0.3 is 16.4 Å². The molecule has 0 aromatic rings. The number of urea groups is 1. The van der Waals surface area contributed by atoms with Gasteiger partial charge in [0.1, 0.15) is 6.04 Å². The van der Waals surface area contributed by atoms with Crippen LogP contribution in [-0.4, -0.2) is 84.7 Å². The lowest BCUT2D eigenvalue weighted by Gasteiger charge is -2.41. The van der Waals surface area contributed by atoms with Crippen molar-refractivity contribution in [3.05, 3.63) is 0 Å². The van der Waals surface area contributed by atoms with E-state index in [4.69, 9.17) is 4.55 Å². The molecule has 4 saturated heterocycles. The number of fused-ring (bicyclic) bond motifs is 4. The number of carbonyl (C=O) groups is 2. The van der Waals surface area contributed by atoms with Crippen molar-refractivity contribution in [2.75, 3.05) is 19.6 Å². The molecule has 146 valence electrons. The number of rotatable bonds is 4. The molecule has 11 nitrogen and oxygen atoms in total. The zero-order valence-corrected chi connectivity index (χ0v) is 14.9. The van der Waals surface area contributed by atoms with Crippen LogP contribution in [0.5, 0.6) is 0 Å². The van der Waals surface area contributed by atoms with Crippen molar-refractivity contribution in [3.8, 4) is 0 Å². The van der Waals surface area contributed by atoms with E-state index in [1.54, 1.807) is 0 Å². The summed E-state index contributed by atoms with van der Waals surface area (Å²) >= 11 is 0. The summed E-state index contributed by atoms with van der Waals surface area (Å²) in [5.41, 5.74) is 0. The van der Waals surface area contributed by atoms with Gasteiger partial charge in [-0.05, 0) is 25.7 Å². The Bertz CT molecular complexity index is 690. The summed E-state index contributed by atoms with van der Waals surface area (Å²) in [7, 11) is -4.78. The maximum atomic E-state index is 12.7. The third-order valence-electron chi connectivity index (χ3n) is 5.54. The zero-order chi connectivity index (χ0) is 18.5. The van der Waals surface area contributed by atoms with Crippen LogP contribution in [0.3, 0.4) is 0 Å². The molecule has 4 atom stereocenters. The van der Waals surface area contributed by atoms with Crippen LogP contribution in [0.2, 0.25) is 0 Å². The van der Waals surface area contributed by atoms with Gasteiger partial charge in [0.2, 0.25) is 5.91 Å². The van der Waals surface area contributed by atoms with Crippen molar-refractivity contribution in [1.82, 2.24) is 25.9 Å². The highest BCUT2D eigenvalue weighted by molar-refractivity contribution is 7.80. The van der Waals surface area contributed by atoms with E-state index in [0.717, 1.165) is 25.9 Å². The van der Waals surface area contributed by atoms with Crippen LogP contribution in [0.4, 0.5) is 4.79 Å². The van der Waals surface area contributed by atoms with Gasteiger partial charge < -0.3 is 20.9 Å². The lowest BCUT2D eigenvalue weighted by Crippen LogP contribution is -2.63.